The van der Waals surface area contributed by atoms with E-state index in [0.29, 0.717) is 23.9 Å². The van der Waals surface area contributed by atoms with E-state index >= 15 is 0 Å². The third-order valence-corrected chi connectivity index (χ3v) is 3.74. The first-order valence-corrected chi connectivity index (χ1v) is 7.47. The van der Waals surface area contributed by atoms with E-state index < -0.39 is 0 Å². The lowest BCUT2D eigenvalue weighted by molar-refractivity contribution is 0.382. The quantitative estimate of drug-likeness (QED) is 0.732. The number of ether oxygens (including phenoxy) is 1. The van der Waals surface area contributed by atoms with Crippen LogP contribution in [0.2, 0.25) is 0 Å². The van der Waals surface area contributed by atoms with Crippen molar-refractivity contribution in [3.63, 3.8) is 0 Å². The van der Waals surface area contributed by atoms with Gasteiger partial charge in [-0.1, -0.05) is 19.1 Å². The average molecular weight is 271 g/mol. The van der Waals surface area contributed by atoms with Crippen LogP contribution in [0.5, 0.6) is 5.75 Å². The number of hydrogen-bond donors (Lipinski definition) is 1. The van der Waals surface area contributed by atoms with Gasteiger partial charge in [0.15, 0.2) is 11.6 Å². The first-order chi connectivity index (χ1) is 8.69. The molecule has 0 aromatic heterocycles. The molecular formula is C14H22FNOS. The Hall–Kier alpha value is -0.740. The molecule has 0 aliphatic rings. The lowest BCUT2D eigenvalue weighted by Crippen LogP contribution is -2.26. The van der Waals surface area contributed by atoms with Gasteiger partial charge in [0, 0.05) is 18.2 Å². The highest BCUT2D eigenvalue weighted by molar-refractivity contribution is 7.99. The van der Waals surface area contributed by atoms with Crippen LogP contribution in [-0.4, -0.2) is 24.7 Å². The maximum atomic E-state index is 13.9. The number of halogens is 1. The largest absolute Gasteiger partial charge is 0.494 e. The second kappa shape index (κ2) is 8.38. The van der Waals surface area contributed by atoms with Crippen molar-refractivity contribution in [2.75, 3.05) is 18.6 Å². The van der Waals surface area contributed by atoms with Gasteiger partial charge in [-0.05, 0) is 30.9 Å². The molecule has 1 unspecified atom stereocenters. The van der Waals surface area contributed by atoms with E-state index in [2.05, 4.69) is 19.2 Å². The summed E-state index contributed by atoms with van der Waals surface area (Å²) in [6.07, 6.45) is 1.10. The minimum absolute atomic E-state index is 0.261. The van der Waals surface area contributed by atoms with Crippen molar-refractivity contribution in [3.8, 4) is 5.75 Å². The van der Waals surface area contributed by atoms with E-state index in [1.165, 1.54) is 7.11 Å². The molecule has 1 N–H and O–H groups in total. The van der Waals surface area contributed by atoms with Crippen LogP contribution >= 0.6 is 11.8 Å². The molecule has 1 atom stereocenters. The van der Waals surface area contributed by atoms with Gasteiger partial charge in [-0.15, -0.1) is 0 Å². The summed E-state index contributed by atoms with van der Waals surface area (Å²) in [7, 11) is 1.49. The van der Waals surface area contributed by atoms with Gasteiger partial charge in [-0.25, -0.2) is 4.39 Å². The van der Waals surface area contributed by atoms with E-state index in [9.17, 15) is 4.39 Å². The van der Waals surface area contributed by atoms with Crippen molar-refractivity contribution in [1.82, 2.24) is 5.32 Å². The first kappa shape index (κ1) is 15.3. The zero-order valence-corrected chi connectivity index (χ0v) is 12.1. The zero-order valence-electron chi connectivity index (χ0n) is 11.3. The molecule has 1 rings (SSSR count). The average Bonchev–Trinajstić information content (AvgIpc) is 2.38. The fourth-order valence-electron chi connectivity index (χ4n) is 1.64. The highest BCUT2D eigenvalue weighted by atomic mass is 32.2. The fraction of sp³-hybridized carbons (Fsp3) is 0.571. The van der Waals surface area contributed by atoms with Gasteiger partial charge in [0.25, 0.3) is 0 Å². The number of thioether (sulfide) groups is 1. The maximum absolute atomic E-state index is 13.9. The molecule has 0 aliphatic heterocycles. The Kier molecular flexibility index (Phi) is 7.13. The molecule has 0 aliphatic carbocycles. The monoisotopic (exact) mass is 271 g/mol. The molecule has 0 bridgehead atoms. The van der Waals surface area contributed by atoms with Gasteiger partial charge in [-0.3, -0.25) is 0 Å². The van der Waals surface area contributed by atoms with Crippen LogP contribution in [0.1, 0.15) is 25.8 Å². The second-order valence-electron chi connectivity index (χ2n) is 4.20. The van der Waals surface area contributed by atoms with Gasteiger partial charge < -0.3 is 10.1 Å². The van der Waals surface area contributed by atoms with E-state index in [1.807, 2.05) is 17.8 Å². The first-order valence-electron chi connectivity index (χ1n) is 6.31. The molecule has 1 aromatic carbocycles. The Morgan fingerprint density at radius 1 is 1.44 bits per heavy atom. The Bertz CT molecular complexity index is 360. The van der Waals surface area contributed by atoms with Crippen LogP contribution in [0.25, 0.3) is 0 Å². The van der Waals surface area contributed by atoms with Gasteiger partial charge in [-0.2, -0.15) is 11.8 Å². The maximum Gasteiger partial charge on any atom is 0.169 e. The van der Waals surface area contributed by atoms with Crippen molar-refractivity contribution in [2.45, 2.75) is 32.9 Å². The summed E-state index contributed by atoms with van der Waals surface area (Å²) in [5.74, 6) is 2.34. The molecule has 102 valence electrons. The Balaban J connectivity index is 2.43. The standard InChI is InChI=1S/C14H22FNOS/c1-4-18-9-8-11(2)16-10-12-6-5-7-13(17-3)14(12)15/h5-7,11,16H,4,8-10H2,1-3H3. The molecule has 0 fully saturated rings. The summed E-state index contributed by atoms with van der Waals surface area (Å²) >= 11 is 1.93. The minimum Gasteiger partial charge on any atom is -0.494 e. The molecule has 4 heteroatoms. The van der Waals surface area contributed by atoms with E-state index in [1.54, 1.807) is 12.1 Å². The number of methoxy groups -OCH3 is 1. The third-order valence-electron chi connectivity index (χ3n) is 2.80. The fourth-order valence-corrected chi connectivity index (χ4v) is 2.45. The van der Waals surface area contributed by atoms with Crippen LogP contribution in [-0.2, 0) is 6.54 Å². The molecule has 0 amide bonds. The Morgan fingerprint density at radius 2 is 2.22 bits per heavy atom. The number of rotatable bonds is 8. The molecule has 0 heterocycles. The van der Waals surface area contributed by atoms with Crippen LogP contribution < -0.4 is 10.1 Å². The normalized spacial score (nSPS) is 12.4. The smallest absolute Gasteiger partial charge is 0.169 e. The summed E-state index contributed by atoms with van der Waals surface area (Å²) in [6, 6.07) is 5.64. The summed E-state index contributed by atoms with van der Waals surface area (Å²) in [4.78, 5) is 0. The molecule has 0 saturated carbocycles. The molecule has 1 aromatic rings. The van der Waals surface area contributed by atoms with E-state index in [-0.39, 0.29) is 5.82 Å². The van der Waals surface area contributed by atoms with Gasteiger partial charge in [0.05, 0.1) is 7.11 Å². The van der Waals surface area contributed by atoms with Crippen molar-refractivity contribution in [2.24, 2.45) is 0 Å². The van der Waals surface area contributed by atoms with Crippen molar-refractivity contribution >= 4 is 11.8 Å². The summed E-state index contributed by atoms with van der Waals surface area (Å²) < 4.78 is 18.8. The molecule has 18 heavy (non-hydrogen) atoms. The molecule has 2 nitrogen and oxygen atoms in total. The molecule has 0 radical (unpaired) electrons. The minimum atomic E-state index is -0.261. The SMILES string of the molecule is CCSCCC(C)NCc1cccc(OC)c1F. The lowest BCUT2D eigenvalue weighted by atomic mass is 10.1. The van der Waals surface area contributed by atoms with Crippen molar-refractivity contribution in [3.05, 3.63) is 29.6 Å². The predicted molar refractivity (Wildman–Crippen MR) is 76.9 cm³/mol. The van der Waals surface area contributed by atoms with Crippen molar-refractivity contribution < 1.29 is 9.13 Å². The van der Waals surface area contributed by atoms with Crippen LogP contribution in [0.4, 0.5) is 4.39 Å². The summed E-state index contributed by atoms with van der Waals surface area (Å²) in [6.45, 7) is 4.84. The van der Waals surface area contributed by atoms with Crippen LogP contribution in [0.3, 0.4) is 0 Å². The summed E-state index contributed by atoms with van der Waals surface area (Å²) in [5, 5.41) is 3.34. The van der Waals surface area contributed by atoms with Crippen LogP contribution in [0.15, 0.2) is 18.2 Å². The van der Waals surface area contributed by atoms with E-state index in [4.69, 9.17) is 4.74 Å². The van der Waals surface area contributed by atoms with Gasteiger partial charge >= 0.3 is 0 Å². The van der Waals surface area contributed by atoms with Gasteiger partial charge in [0.2, 0.25) is 0 Å². The Labute approximate surface area is 113 Å². The van der Waals surface area contributed by atoms with E-state index in [0.717, 1.165) is 17.9 Å². The molecule has 0 spiro atoms. The Morgan fingerprint density at radius 3 is 2.89 bits per heavy atom. The number of hydrogen-bond acceptors (Lipinski definition) is 3. The molecular weight excluding hydrogens is 249 g/mol. The van der Waals surface area contributed by atoms with Gasteiger partial charge in [0.1, 0.15) is 0 Å². The number of nitrogens with one attached hydrogen (secondary N) is 1. The highest BCUT2D eigenvalue weighted by Crippen LogP contribution is 2.19. The summed E-state index contributed by atoms with van der Waals surface area (Å²) in [5.41, 5.74) is 0.657. The third kappa shape index (κ3) is 4.86. The van der Waals surface area contributed by atoms with Crippen LogP contribution in [0, 0.1) is 5.82 Å². The highest BCUT2D eigenvalue weighted by Gasteiger charge is 2.09. The topological polar surface area (TPSA) is 21.3 Å². The molecule has 0 saturated heterocycles. The predicted octanol–water partition coefficient (Wildman–Crippen LogP) is 3.46. The number of benzene rings is 1. The second-order valence-corrected chi connectivity index (χ2v) is 5.59. The zero-order chi connectivity index (χ0) is 13.4. The lowest BCUT2D eigenvalue weighted by Gasteiger charge is -2.14. The van der Waals surface area contributed by atoms with Crippen molar-refractivity contribution in [1.29, 1.82) is 0 Å².